The van der Waals surface area contributed by atoms with E-state index in [0.29, 0.717) is 5.56 Å². The Kier molecular flexibility index (Phi) is 4.40. The van der Waals surface area contributed by atoms with Gasteiger partial charge < -0.3 is 4.57 Å². The number of carbonyl (C=O) groups is 1. The molecule has 0 N–H and O–H groups in total. The average molecular weight is 375 g/mol. The van der Waals surface area contributed by atoms with Crippen LogP contribution in [0, 0.1) is 20.8 Å². The highest BCUT2D eigenvalue weighted by atomic mass is 32.1. The Hall–Kier alpha value is -2.79. The van der Waals surface area contributed by atoms with Crippen LogP contribution in [0.25, 0.3) is 21.1 Å². The molecule has 0 fully saturated rings. The van der Waals surface area contributed by atoms with Crippen molar-refractivity contribution >= 4 is 38.4 Å². The number of amides is 1. The Labute approximate surface area is 161 Å². The van der Waals surface area contributed by atoms with Crippen LogP contribution in [0.4, 0.5) is 0 Å². The lowest BCUT2D eigenvalue weighted by atomic mass is 10.1. The number of pyridine rings is 1. The van der Waals surface area contributed by atoms with Crippen LogP contribution in [0.5, 0.6) is 0 Å². The molecule has 2 aromatic carbocycles. The topological polar surface area (TPSA) is 47.2 Å². The van der Waals surface area contributed by atoms with E-state index in [9.17, 15) is 4.79 Å². The number of aromatic nitrogens is 2. The summed E-state index contributed by atoms with van der Waals surface area (Å²) >= 11 is 1.58. The number of benzene rings is 2. The van der Waals surface area contributed by atoms with E-state index in [4.69, 9.17) is 0 Å². The van der Waals surface area contributed by atoms with Crippen molar-refractivity contribution in [2.45, 2.75) is 34.2 Å². The van der Waals surface area contributed by atoms with Crippen molar-refractivity contribution in [3.05, 3.63) is 69.7 Å². The zero-order valence-corrected chi connectivity index (χ0v) is 16.7. The number of rotatable bonds is 2. The van der Waals surface area contributed by atoms with Gasteiger partial charge in [0.25, 0.3) is 5.91 Å². The van der Waals surface area contributed by atoms with Gasteiger partial charge in [-0.2, -0.15) is 4.99 Å². The van der Waals surface area contributed by atoms with E-state index in [1.165, 1.54) is 21.3 Å². The SMILES string of the molecule is CCn1c(=NC(=O)c2ccc3nc(C)ccc3c2)sc2c(C)ccc(C)c21. The molecule has 5 heteroatoms. The number of thiazole rings is 1. The van der Waals surface area contributed by atoms with Gasteiger partial charge >= 0.3 is 0 Å². The Morgan fingerprint density at radius 3 is 2.63 bits per heavy atom. The largest absolute Gasteiger partial charge is 0.316 e. The van der Waals surface area contributed by atoms with Crippen LogP contribution in [-0.4, -0.2) is 15.5 Å². The van der Waals surface area contributed by atoms with Gasteiger partial charge in [-0.3, -0.25) is 9.78 Å². The van der Waals surface area contributed by atoms with Crippen LogP contribution >= 0.6 is 11.3 Å². The lowest BCUT2D eigenvalue weighted by Gasteiger charge is -2.05. The van der Waals surface area contributed by atoms with Crippen molar-refractivity contribution in [2.24, 2.45) is 4.99 Å². The number of nitrogens with zero attached hydrogens (tertiary/aromatic N) is 3. The molecule has 2 aromatic heterocycles. The summed E-state index contributed by atoms with van der Waals surface area (Å²) in [5, 5.41) is 0.952. The predicted octanol–water partition coefficient (Wildman–Crippen LogP) is 4.94. The molecule has 4 nitrogen and oxygen atoms in total. The van der Waals surface area contributed by atoms with Gasteiger partial charge in [0, 0.05) is 23.2 Å². The Morgan fingerprint density at radius 1 is 1.07 bits per heavy atom. The molecule has 0 aliphatic heterocycles. The molecule has 0 aliphatic carbocycles. The smallest absolute Gasteiger partial charge is 0.279 e. The molecule has 136 valence electrons. The second kappa shape index (κ2) is 6.74. The summed E-state index contributed by atoms with van der Waals surface area (Å²) in [6.07, 6.45) is 0. The van der Waals surface area contributed by atoms with Gasteiger partial charge in [0.1, 0.15) is 0 Å². The Balaban J connectivity index is 1.86. The Morgan fingerprint density at radius 2 is 1.85 bits per heavy atom. The molecule has 0 bridgehead atoms. The number of fused-ring (bicyclic) bond motifs is 2. The van der Waals surface area contributed by atoms with Crippen molar-refractivity contribution in [1.82, 2.24) is 9.55 Å². The number of hydrogen-bond donors (Lipinski definition) is 0. The molecule has 0 radical (unpaired) electrons. The summed E-state index contributed by atoms with van der Waals surface area (Å²) in [6.45, 7) is 9.02. The summed E-state index contributed by atoms with van der Waals surface area (Å²) in [4.78, 5) is 22.6. The highest BCUT2D eigenvalue weighted by Crippen LogP contribution is 2.25. The van der Waals surface area contributed by atoms with Gasteiger partial charge in [-0.05, 0) is 63.1 Å². The molecule has 0 spiro atoms. The summed E-state index contributed by atoms with van der Waals surface area (Å²) in [5.74, 6) is -0.221. The van der Waals surface area contributed by atoms with Crippen LogP contribution in [-0.2, 0) is 6.54 Å². The predicted molar refractivity (Wildman–Crippen MR) is 111 cm³/mol. The molecule has 1 amide bonds. The third-order valence-corrected chi connectivity index (χ3v) is 6.03. The summed E-state index contributed by atoms with van der Waals surface area (Å²) in [6, 6.07) is 13.8. The first-order valence-electron chi connectivity index (χ1n) is 9.04. The molecule has 0 saturated carbocycles. The zero-order valence-electron chi connectivity index (χ0n) is 15.9. The molecular weight excluding hydrogens is 354 g/mol. The van der Waals surface area contributed by atoms with E-state index in [1.807, 2.05) is 31.2 Å². The normalized spacial score (nSPS) is 12.2. The summed E-state index contributed by atoms with van der Waals surface area (Å²) in [7, 11) is 0. The van der Waals surface area contributed by atoms with Gasteiger partial charge in [0.15, 0.2) is 4.80 Å². The van der Waals surface area contributed by atoms with Gasteiger partial charge in [-0.1, -0.05) is 29.5 Å². The quantitative estimate of drug-likeness (QED) is 0.498. The first-order chi connectivity index (χ1) is 13.0. The van der Waals surface area contributed by atoms with Crippen LogP contribution in [0.15, 0.2) is 47.5 Å². The minimum Gasteiger partial charge on any atom is -0.316 e. The monoisotopic (exact) mass is 375 g/mol. The first-order valence-corrected chi connectivity index (χ1v) is 9.85. The van der Waals surface area contributed by atoms with Crippen molar-refractivity contribution in [2.75, 3.05) is 0 Å². The molecule has 0 unspecified atom stereocenters. The highest BCUT2D eigenvalue weighted by Gasteiger charge is 2.12. The second-order valence-corrected chi connectivity index (χ2v) is 7.76. The highest BCUT2D eigenvalue weighted by molar-refractivity contribution is 7.16. The van der Waals surface area contributed by atoms with Gasteiger partial charge in [0.05, 0.1) is 15.7 Å². The van der Waals surface area contributed by atoms with Gasteiger partial charge in [-0.25, -0.2) is 0 Å². The Bertz CT molecular complexity index is 1260. The van der Waals surface area contributed by atoms with Crippen molar-refractivity contribution < 1.29 is 4.79 Å². The van der Waals surface area contributed by atoms with Crippen molar-refractivity contribution in [1.29, 1.82) is 0 Å². The molecule has 0 aliphatic rings. The van der Waals surface area contributed by atoms with Crippen LogP contribution in [0.2, 0.25) is 0 Å². The van der Waals surface area contributed by atoms with Crippen molar-refractivity contribution in [3.63, 3.8) is 0 Å². The molecular formula is C22H21N3OS. The molecule has 4 aromatic rings. The van der Waals surface area contributed by atoms with Crippen molar-refractivity contribution in [3.8, 4) is 0 Å². The minimum atomic E-state index is -0.221. The van der Waals surface area contributed by atoms with E-state index >= 15 is 0 Å². The van der Waals surface area contributed by atoms with Crippen LogP contribution < -0.4 is 4.80 Å². The molecule has 4 rings (SSSR count). The van der Waals surface area contributed by atoms with Gasteiger partial charge in [0.2, 0.25) is 0 Å². The summed E-state index contributed by atoms with van der Waals surface area (Å²) in [5.41, 5.74) is 6.03. The van der Waals surface area contributed by atoms with E-state index in [0.717, 1.165) is 27.9 Å². The maximum Gasteiger partial charge on any atom is 0.279 e. The minimum absolute atomic E-state index is 0.221. The molecule has 0 saturated heterocycles. The maximum absolute atomic E-state index is 12.8. The fourth-order valence-electron chi connectivity index (χ4n) is 3.37. The maximum atomic E-state index is 12.8. The standard InChI is InChI=1S/C22H21N3OS/c1-5-25-19-13(2)6-7-14(3)20(19)27-22(25)24-21(26)17-10-11-18-16(12-17)9-8-15(4)23-18/h6-12H,5H2,1-4H3. The molecule has 27 heavy (non-hydrogen) atoms. The zero-order chi connectivity index (χ0) is 19.1. The van der Waals surface area contributed by atoms with Gasteiger partial charge in [-0.15, -0.1) is 0 Å². The molecule has 2 heterocycles. The van der Waals surface area contributed by atoms with E-state index in [1.54, 1.807) is 17.4 Å². The second-order valence-electron chi connectivity index (χ2n) is 6.78. The lowest BCUT2D eigenvalue weighted by molar-refractivity contribution is 0.0998. The fourth-order valence-corrected chi connectivity index (χ4v) is 4.60. The fraction of sp³-hybridized carbons (Fsp3) is 0.227. The third kappa shape index (κ3) is 3.08. The summed E-state index contributed by atoms with van der Waals surface area (Å²) < 4.78 is 3.33. The third-order valence-electron chi connectivity index (χ3n) is 4.81. The number of aryl methyl sites for hydroxylation is 4. The molecule has 0 atom stereocenters. The number of carbonyl (C=O) groups excluding carboxylic acids is 1. The lowest BCUT2D eigenvalue weighted by Crippen LogP contribution is -2.16. The van der Waals surface area contributed by atoms with E-state index in [2.05, 4.69) is 47.4 Å². The van der Waals surface area contributed by atoms with Crippen LogP contribution in [0.3, 0.4) is 0 Å². The van der Waals surface area contributed by atoms with E-state index in [-0.39, 0.29) is 5.91 Å². The van der Waals surface area contributed by atoms with E-state index < -0.39 is 0 Å². The first kappa shape index (κ1) is 17.6. The van der Waals surface area contributed by atoms with Crippen LogP contribution in [0.1, 0.15) is 34.1 Å². The number of hydrogen-bond acceptors (Lipinski definition) is 3. The average Bonchev–Trinajstić information content (AvgIpc) is 3.03.